The average molecular weight is 268 g/mol. The van der Waals surface area contributed by atoms with Gasteiger partial charge in [0.1, 0.15) is 0 Å². The third-order valence-corrected chi connectivity index (χ3v) is 3.70. The molecule has 0 spiro atoms. The molecule has 1 N–H and O–H groups in total. The zero-order valence-electron chi connectivity index (χ0n) is 12.4. The van der Waals surface area contributed by atoms with Crippen molar-refractivity contribution in [1.82, 2.24) is 10.2 Å². The third-order valence-electron chi connectivity index (χ3n) is 3.70. The highest BCUT2D eigenvalue weighted by Gasteiger charge is 2.33. The molecule has 1 atom stereocenters. The predicted molar refractivity (Wildman–Crippen MR) is 76.7 cm³/mol. The Bertz CT molecular complexity index is 292. The van der Waals surface area contributed by atoms with Crippen LogP contribution in [-0.2, 0) is 9.59 Å². The highest BCUT2D eigenvalue weighted by atomic mass is 16.2. The van der Waals surface area contributed by atoms with Gasteiger partial charge in [-0.3, -0.25) is 9.59 Å². The lowest BCUT2D eigenvalue weighted by Crippen LogP contribution is -2.33. The number of amides is 2. The molecule has 2 amide bonds. The molecule has 1 saturated heterocycles. The van der Waals surface area contributed by atoms with Crippen LogP contribution in [0.2, 0.25) is 0 Å². The van der Waals surface area contributed by atoms with Gasteiger partial charge in [0.25, 0.3) is 0 Å². The quantitative estimate of drug-likeness (QED) is 0.652. The van der Waals surface area contributed by atoms with Crippen LogP contribution in [0.25, 0.3) is 0 Å². The van der Waals surface area contributed by atoms with Crippen LogP contribution in [0.5, 0.6) is 0 Å². The lowest BCUT2D eigenvalue weighted by molar-refractivity contribution is -0.129. The minimum absolute atomic E-state index is 0.0578. The maximum Gasteiger partial charge on any atom is 0.225 e. The fourth-order valence-corrected chi connectivity index (χ4v) is 2.45. The molecule has 1 heterocycles. The standard InChI is InChI=1S/C15H28N2O2/c1-3-5-7-9-16-15(19)13-11-14(18)17(12-13)10-8-6-4-2/h13H,3-12H2,1-2H3,(H,16,19). The molecule has 0 saturated carbocycles. The maximum atomic E-state index is 11.9. The second kappa shape index (κ2) is 8.94. The molecular formula is C15H28N2O2. The summed E-state index contributed by atoms with van der Waals surface area (Å²) in [6, 6.07) is 0. The molecule has 0 aliphatic carbocycles. The van der Waals surface area contributed by atoms with E-state index in [1.165, 1.54) is 0 Å². The number of unbranched alkanes of at least 4 members (excludes halogenated alkanes) is 4. The SMILES string of the molecule is CCCCCNC(=O)C1CC(=O)N(CCCCC)C1. The fourth-order valence-electron chi connectivity index (χ4n) is 2.45. The van der Waals surface area contributed by atoms with Crippen LogP contribution in [0.1, 0.15) is 58.8 Å². The van der Waals surface area contributed by atoms with E-state index in [2.05, 4.69) is 19.2 Å². The van der Waals surface area contributed by atoms with Gasteiger partial charge in [-0.05, 0) is 12.8 Å². The zero-order valence-corrected chi connectivity index (χ0v) is 12.4. The van der Waals surface area contributed by atoms with E-state index in [4.69, 9.17) is 0 Å². The molecule has 1 fully saturated rings. The Kier molecular flexibility index (Phi) is 7.53. The zero-order chi connectivity index (χ0) is 14.1. The van der Waals surface area contributed by atoms with Crippen molar-refractivity contribution in [2.24, 2.45) is 5.92 Å². The summed E-state index contributed by atoms with van der Waals surface area (Å²) >= 11 is 0. The summed E-state index contributed by atoms with van der Waals surface area (Å²) in [5, 5.41) is 2.95. The minimum Gasteiger partial charge on any atom is -0.356 e. The topological polar surface area (TPSA) is 49.4 Å². The van der Waals surface area contributed by atoms with Gasteiger partial charge >= 0.3 is 0 Å². The van der Waals surface area contributed by atoms with Crippen molar-refractivity contribution < 1.29 is 9.59 Å². The van der Waals surface area contributed by atoms with Crippen LogP contribution < -0.4 is 5.32 Å². The molecule has 1 unspecified atom stereocenters. The van der Waals surface area contributed by atoms with E-state index in [1.54, 1.807) is 0 Å². The van der Waals surface area contributed by atoms with Gasteiger partial charge in [0.2, 0.25) is 11.8 Å². The van der Waals surface area contributed by atoms with E-state index >= 15 is 0 Å². The molecule has 110 valence electrons. The van der Waals surface area contributed by atoms with E-state index in [-0.39, 0.29) is 17.7 Å². The normalized spacial score (nSPS) is 18.9. The molecule has 0 radical (unpaired) electrons. The number of carbonyl (C=O) groups excluding carboxylic acids is 2. The third kappa shape index (κ3) is 5.62. The second-order valence-corrected chi connectivity index (χ2v) is 5.45. The van der Waals surface area contributed by atoms with E-state index in [0.29, 0.717) is 13.0 Å². The summed E-state index contributed by atoms with van der Waals surface area (Å²) in [6.07, 6.45) is 7.08. The summed E-state index contributed by atoms with van der Waals surface area (Å²) in [5.74, 6) is 0.0722. The van der Waals surface area contributed by atoms with Crippen LogP contribution in [-0.4, -0.2) is 36.3 Å². The molecule has 1 rings (SSSR count). The molecule has 19 heavy (non-hydrogen) atoms. The van der Waals surface area contributed by atoms with Gasteiger partial charge in [0, 0.05) is 26.1 Å². The molecule has 1 aliphatic heterocycles. The monoisotopic (exact) mass is 268 g/mol. The predicted octanol–water partition coefficient (Wildman–Crippen LogP) is 2.33. The number of likely N-dealkylation sites (tertiary alicyclic amines) is 1. The maximum absolute atomic E-state index is 11.9. The van der Waals surface area contributed by atoms with E-state index in [9.17, 15) is 9.59 Å². The van der Waals surface area contributed by atoms with Crippen LogP contribution in [0, 0.1) is 5.92 Å². The summed E-state index contributed by atoms with van der Waals surface area (Å²) < 4.78 is 0. The van der Waals surface area contributed by atoms with Crippen molar-refractivity contribution in [2.75, 3.05) is 19.6 Å². The van der Waals surface area contributed by atoms with Gasteiger partial charge in [-0.2, -0.15) is 0 Å². The molecule has 4 heteroatoms. The van der Waals surface area contributed by atoms with Gasteiger partial charge in [0.05, 0.1) is 5.92 Å². The Balaban J connectivity index is 2.24. The Labute approximate surface area is 116 Å². The highest BCUT2D eigenvalue weighted by molar-refractivity contribution is 5.89. The number of carbonyl (C=O) groups is 2. The van der Waals surface area contributed by atoms with Crippen LogP contribution in [0.15, 0.2) is 0 Å². The van der Waals surface area contributed by atoms with E-state index in [0.717, 1.165) is 51.6 Å². The average Bonchev–Trinajstić information content (AvgIpc) is 2.77. The number of hydrogen-bond donors (Lipinski definition) is 1. The number of nitrogens with zero attached hydrogens (tertiary/aromatic N) is 1. The summed E-state index contributed by atoms with van der Waals surface area (Å²) in [7, 11) is 0. The Hall–Kier alpha value is -1.06. The minimum atomic E-state index is -0.129. The van der Waals surface area contributed by atoms with Crippen molar-refractivity contribution in [2.45, 2.75) is 58.8 Å². The number of hydrogen-bond acceptors (Lipinski definition) is 2. The summed E-state index contributed by atoms with van der Waals surface area (Å²) in [6.45, 7) is 6.46. The first-order chi connectivity index (χ1) is 9.19. The van der Waals surface area contributed by atoms with Gasteiger partial charge in [-0.25, -0.2) is 0 Å². The lowest BCUT2D eigenvalue weighted by atomic mass is 10.1. The second-order valence-electron chi connectivity index (χ2n) is 5.45. The molecule has 0 bridgehead atoms. The molecular weight excluding hydrogens is 240 g/mol. The van der Waals surface area contributed by atoms with Crippen LogP contribution in [0.3, 0.4) is 0 Å². The molecule has 1 aliphatic rings. The van der Waals surface area contributed by atoms with Crippen molar-refractivity contribution in [3.8, 4) is 0 Å². The summed E-state index contributed by atoms with van der Waals surface area (Å²) in [5.41, 5.74) is 0. The van der Waals surface area contributed by atoms with Gasteiger partial charge < -0.3 is 10.2 Å². The van der Waals surface area contributed by atoms with E-state index < -0.39 is 0 Å². The van der Waals surface area contributed by atoms with E-state index in [1.807, 2.05) is 4.90 Å². The Morgan fingerprint density at radius 3 is 2.58 bits per heavy atom. The summed E-state index contributed by atoms with van der Waals surface area (Å²) in [4.78, 5) is 25.6. The van der Waals surface area contributed by atoms with Crippen molar-refractivity contribution in [1.29, 1.82) is 0 Å². The largest absolute Gasteiger partial charge is 0.356 e. The van der Waals surface area contributed by atoms with Gasteiger partial charge in [-0.15, -0.1) is 0 Å². The van der Waals surface area contributed by atoms with Crippen LogP contribution >= 0.6 is 0 Å². The van der Waals surface area contributed by atoms with Crippen molar-refractivity contribution in [3.05, 3.63) is 0 Å². The van der Waals surface area contributed by atoms with Crippen molar-refractivity contribution >= 4 is 11.8 Å². The first-order valence-corrected chi connectivity index (χ1v) is 7.74. The molecule has 4 nitrogen and oxygen atoms in total. The molecule has 0 aromatic carbocycles. The first-order valence-electron chi connectivity index (χ1n) is 7.74. The Morgan fingerprint density at radius 2 is 1.89 bits per heavy atom. The fraction of sp³-hybridized carbons (Fsp3) is 0.867. The number of rotatable bonds is 9. The molecule has 0 aromatic heterocycles. The smallest absolute Gasteiger partial charge is 0.225 e. The van der Waals surface area contributed by atoms with Gasteiger partial charge in [-0.1, -0.05) is 39.5 Å². The Morgan fingerprint density at radius 1 is 1.21 bits per heavy atom. The van der Waals surface area contributed by atoms with Crippen molar-refractivity contribution in [3.63, 3.8) is 0 Å². The molecule has 0 aromatic rings. The van der Waals surface area contributed by atoms with Crippen LogP contribution in [0.4, 0.5) is 0 Å². The van der Waals surface area contributed by atoms with Gasteiger partial charge in [0.15, 0.2) is 0 Å². The first kappa shape index (κ1) is 16.0. The lowest BCUT2D eigenvalue weighted by Gasteiger charge is -2.16. The highest BCUT2D eigenvalue weighted by Crippen LogP contribution is 2.18. The number of nitrogens with one attached hydrogen (secondary N) is 1.